The van der Waals surface area contributed by atoms with Gasteiger partial charge in [-0.1, -0.05) is 6.92 Å². The maximum absolute atomic E-state index is 11.5. The Morgan fingerprint density at radius 1 is 1.47 bits per heavy atom. The van der Waals surface area contributed by atoms with Gasteiger partial charge in [0.25, 0.3) is 0 Å². The predicted molar refractivity (Wildman–Crippen MR) is 65.8 cm³/mol. The first-order chi connectivity index (χ1) is 8.02. The summed E-state index contributed by atoms with van der Waals surface area (Å²) in [5, 5.41) is 2.75. The van der Waals surface area contributed by atoms with Crippen LogP contribution < -0.4 is 16.0 Å². The second kappa shape index (κ2) is 6.19. The Bertz CT molecular complexity index is 379. The van der Waals surface area contributed by atoms with Crippen molar-refractivity contribution >= 4 is 29.4 Å². The van der Waals surface area contributed by atoms with E-state index in [2.05, 4.69) is 20.3 Å². The quantitative estimate of drug-likeness (QED) is 0.776. The van der Waals surface area contributed by atoms with E-state index in [0.717, 1.165) is 6.42 Å². The molecule has 0 saturated heterocycles. The number of carbonyl (C=O) groups excluding carboxylic acids is 1. The number of aromatic nitrogens is 3. The number of amides is 1. The van der Waals surface area contributed by atoms with Crippen LogP contribution in [0.2, 0.25) is 5.28 Å². The highest BCUT2D eigenvalue weighted by molar-refractivity contribution is 6.28. The number of nitrogen functional groups attached to an aromatic ring is 1. The molecule has 0 bridgehead atoms. The second-order valence-corrected chi connectivity index (χ2v) is 3.81. The minimum Gasteiger partial charge on any atom is -0.368 e. The molecule has 3 N–H and O–H groups in total. The minimum absolute atomic E-state index is 0.00770. The first-order valence-electron chi connectivity index (χ1n) is 5.17. The van der Waals surface area contributed by atoms with E-state index in [4.69, 9.17) is 17.3 Å². The summed E-state index contributed by atoms with van der Waals surface area (Å²) in [4.78, 5) is 24.4. The fourth-order valence-electron chi connectivity index (χ4n) is 1.13. The highest BCUT2D eigenvalue weighted by Crippen LogP contribution is 2.09. The van der Waals surface area contributed by atoms with Gasteiger partial charge < -0.3 is 16.0 Å². The molecule has 0 saturated carbocycles. The molecule has 0 aromatic carbocycles. The van der Waals surface area contributed by atoms with Gasteiger partial charge in [0.15, 0.2) is 0 Å². The van der Waals surface area contributed by atoms with E-state index in [1.807, 2.05) is 6.92 Å². The van der Waals surface area contributed by atoms with E-state index in [-0.39, 0.29) is 29.6 Å². The van der Waals surface area contributed by atoms with Gasteiger partial charge in [-0.15, -0.1) is 0 Å². The average Bonchev–Trinajstić information content (AvgIpc) is 2.25. The largest absolute Gasteiger partial charge is 0.368 e. The number of nitrogens with two attached hydrogens (primary N) is 1. The molecule has 0 fully saturated rings. The molecule has 94 valence electrons. The lowest BCUT2D eigenvalue weighted by molar-refractivity contribution is -0.119. The van der Waals surface area contributed by atoms with Crippen molar-refractivity contribution in [1.29, 1.82) is 0 Å². The van der Waals surface area contributed by atoms with Gasteiger partial charge in [-0.25, -0.2) is 0 Å². The van der Waals surface area contributed by atoms with Crippen LogP contribution in [0, 0.1) is 0 Å². The molecule has 0 spiro atoms. The summed E-state index contributed by atoms with van der Waals surface area (Å²) in [7, 11) is 1.68. The number of carbonyl (C=O) groups is 1. The van der Waals surface area contributed by atoms with Crippen LogP contribution in [0.5, 0.6) is 0 Å². The Morgan fingerprint density at radius 3 is 2.76 bits per heavy atom. The van der Waals surface area contributed by atoms with E-state index >= 15 is 0 Å². The van der Waals surface area contributed by atoms with Crippen LogP contribution >= 0.6 is 11.6 Å². The molecule has 7 nitrogen and oxygen atoms in total. The third-order valence-corrected chi connectivity index (χ3v) is 2.08. The molecule has 1 amide bonds. The lowest BCUT2D eigenvalue weighted by Gasteiger charge is -2.16. The molecule has 0 aliphatic rings. The van der Waals surface area contributed by atoms with Gasteiger partial charge >= 0.3 is 0 Å². The van der Waals surface area contributed by atoms with Crippen molar-refractivity contribution < 1.29 is 4.79 Å². The molecule has 0 radical (unpaired) electrons. The topological polar surface area (TPSA) is 97.0 Å². The standard InChI is InChI=1S/C9H15ClN6O/c1-3-4-12-6(17)5-16(2)9-14-7(10)13-8(11)15-9/h3-5H2,1-2H3,(H,12,17)(H2,11,13,14,15). The lowest BCUT2D eigenvalue weighted by atomic mass is 10.4. The van der Waals surface area contributed by atoms with Gasteiger partial charge in [-0.05, 0) is 18.0 Å². The molecule has 1 aromatic heterocycles. The summed E-state index contributed by atoms with van der Waals surface area (Å²) in [6.07, 6.45) is 0.889. The van der Waals surface area contributed by atoms with Gasteiger partial charge in [0.05, 0.1) is 6.54 Å². The fraction of sp³-hybridized carbons (Fsp3) is 0.556. The monoisotopic (exact) mass is 258 g/mol. The maximum atomic E-state index is 11.5. The van der Waals surface area contributed by atoms with Crippen LogP contribution in [0.4, 0.5) is 11.9 Å². The zero-order chi connectivity index (χ0) is 12.8. The summed E-state index contributed by atoms with van der Waals surface area (Å²) >= 11 is 5.64. The molecular weight excluding hydrogens is 244 g/mol. The van der Waals surface area contributed by atoms with Crippen LogP contribution in [0.15, 0.2) is 0 Å². The van der Waals surface area contributed by atoms with Gasteiger partial charge in [0, 0.05) is 13.6 Å². The van der Waals surface area contributed by atoms with E-state index in [0.29, 0.717) is 6.54 Å². The van der Waals surface area contributed by atoms with Crippen LogP contribution in [0.3, 0.4) is 0 Å². The zero-order valence-electron chi connectivity index (χ0n) is 9.77. The highest BCUT2D eigenvalue weighted by Gasteiger charge is 2.11. The van der Waals surface area contributed by atoms with Crippen molar-refractivity contribution in [2.45, 2.75) is 13.3 Å². The molecule has 1 heterocycles. The van der Waals surface area contributed by atoms with Gasteiger partial charge in [0.2, 0.25) is 23.1 Å². The van der Waals surface area contributed by atoms with E-state index < -0.39 is 0 Å². The first kappa shape index (κ1) is 13.4. The average molecular weight is 259 g/mol. The summed E-state index contributed by atoms with van der Waals surface area (Å²) in [6.45, 7) is 2.77. The molecule has 0 atom stereocenters. The molecule has 0 aliphatic heterocycles. The second-order valence-electron chi connectivity index (χ2n) is 3.47. The molecule has 1 aromatic rings. The van der Waals surface area contributed by atoms with Gasteiger partial charge in [-0.3, -0.25) is 4.79 Å². The Morgan fingerprint density at radius 2 is 2.18 bits per heavy atom. The zero-order valence-corrected chi connectivity index (χ0v) is 10.5. The number of nitrogens with one attached hydrogen (secondary N) is 1. The third kappa shape index (κ3) is 4.39. The number of nitrogens with zero attached hydrogens (tertiary/aromatic N) is 4. The van der Waals surface area contributed by atoms with Crippen molar-refractivity contribution in [3.8, 4) is 0 Å². The Kier molecular flexibility index (Phi) is 4.89. The lowest BCUT2D eigenvalue weighted by Crippen LogP contribution is -2.36. The van der Waals surface area contributed by atoms with Crippen LogP contribution in [0.1, 0.15) is 13.3 Å². The van der Waals surface area contributed by atoms with Crippen molar-refractivity contribution in [2.24, 2.45) is 0 Å². The number of halogens is 1. The van der Waals surface area contributed by atoms with Crippen molar-refractivity contribution in [3.05, 3.63) is 5.28 Å². The summed E-state index contributed by atoms with van der Waals surface area (Å²) in [6, 6.07) is 0. The summed E-state index contributed by atoms with van der Waals surface area (Å²) in [5.41, 5.74) is 5.43. The van der Waals surface area contributed by atoms with Gasteiger partial charge in [0.1, 0.15) is 0 Å². The number of anilines is 2. The number of hydrogen-bond donors (Lipinski definition) is 2. The highest BCUT2D eigenvalue weighted by atomic mass is 35.5. The smallest absolute Gasteiger partial charge is 0.239 e. The van der Waals surface area contributed by atoms with E-state index in [1.165, 1.54) is 0 Å². The Balaban J connectivity index is 2.63. The SMILES string of the molecule is CCCNC(=O)CN(C)c1nc(N)nc(Cl)n1. The van der Waals surface area contributed by atoms with Crippen molar-refractivity contribution in [1.82, 2.24) is 20.3 Å². The summed E-state index contributed by atoms with van der Waals surface area (Å²) < 4.78 is 0. The molecule has 1 rings (SSSR count). The van der Waals surface area contributed by atoms with Crippen LogP contribution in [0.25, 0.3) is 0 Å². The van der Waals surface area contributed by atoms with Crippen LogP contribution in [-0.2, 0) is 4.79 Å². The Hall–Kier alpha value is -1.63. The van der Waals surface area contributed by atoms with Crippen LogP contribution in [-0.4, -0.2) is 41.0 Å². The van der Waals surface area contributed by atoms with E-state index in [9.17, 15) is 4.79 Å². The molecule has 8 heteroatoms. The van der Waals surface area contributed by atoms with Crippen molar-refractivity contribution in [3.63, 3.8) is 0 Å². The number of rotatable bonds is 5. The number of hydrogen-bond acceptors (Lipinski definition) is 6. The predicted octanol–water partition coefficient (Wildman–Crippen LogP) is 0.0696. The molecular formula is C9H15ClN6O. The van der Waals surface area contributed by atoms with Crippen molar-refractivity contribution in [2.75, 3.05) is 30.8 Å². The number of likely N-dealkylation sites (N-methyl/N-ethyl adjacent to an activating group) is 1. The molecule has 0 unspecified atom stereocenters. The maximum Gasteiger partial charge on any atom is 0.239 e. The summed E-state index contributed by atoms with van der Waals surface area (Å²) in [5.74, 6) is 0.194. The molecule has 17 heavy (non-hydrogen) atoms. The molecule has 0 aliphatic carbocycles. The normalized spacial score (nSPS) is 10.1. The first-order valence-corrected chi connectivity index (χ1v) is 5.55. The van der Waals surface area contributed by atoms with Gasteiger partial charge in [-0.2, -0.15) is 15.0 Å². The Labute approximate surface area is 104 Å². The fourth-order valence-corrected chi connectivity index (χ4v) is 1.29. The van der Waals surface area contributed by atoms with E-state index in [1.54, 1.807) is 11.9 Å². The third-order valence-electron chi connectivity index (χ3n) is 1.91. The minimum atomic E-state index is -0.107.